The number of anilines is 1. The maximum atomic E-state index is 6.14. The normalized spacial score (nSPS) is 10.7. The Morgan fingerprint density at radius 2 is 1.85 bits per heavy atom. The molecule has 0 amide bonds. The van der Waals surface area contributed by atoms with Crippen molar-refractivity contribution < 1.29 is 0 Å². The highest BCUT2D eigenvalue weighted by Crippen LogP contribution is 2.23. The first-order chi connectivity index (χ1) is 9.74. The molecule has 0 unspecified atom stereocenters. The summed E-state index contributed by atoms with van der Waals surface area (Å²) in [7, 11) is 0. The second-order valence-corrected chi connectivity index (χ2v) is 5.17. The number of halogens is 2. The molecule has 0 atom stereocenters. The highest BCUT2D eigenvalue weighted by Gasteiger charge is 2.05. The lowest BCUT2D eigenvalue weighted by Gasteiger charge is -2.09. The summed E-state index contributed by atoms with van der Waals surface area (Å²) in [5.74, 6) is 0.770. The van der Waals surface area contributed by atoms with E-state index in [0.717, 1.165) is 27.3 Å². The zero-order valence-electron chi connectivity index (χ0n) is 10.5. The first kappa shape index (κ1) is 13.2. The minimum Gasteiger partial charge on any atom is -0.365 e. The van der Waals surface area contributed by atoms with E-state index in [4.69, 9.17) is 23.2 Å². The third-order valence-electron chi connectivity index (χ3n) is 3.00. The van der Waals surface area contributed by atoms with Crippen LogP contribution in [0.15, 0.2) is 48.8 Å². The minimum absolute atomic E-state index is 0.606. The van der Waals surface area contributed by atoms with Gasteiger partial charge in [0.25, 0.3) is 0 Å². The number of benzene rings is 2. The first-order valence-corrected chi connectivity index (χ1v) is 6.87. The largest absolute Gasteiger partial charge is 0.365 e. The van der Waals surface area contributed by atoms with Gasteiger partial charge in [-0.05, 0) is 29.8 Å². The molecule has 3 nitrogen and oxygen atoms in total. The Labute approximate surface area is 126 Å². The molecule has 0 spiro atoms. The predicted octanol–water partition coefficient (Wildman–Crippen LogP) is 4.55. The van der Waals surface area contributed by atoms with Gasteiger partial charge in [-0.3, -0.25) is 0 Å². The smallest absolute Gasteiger partial charge is 0.137 e. The van der Waals surface area contributed by atoms with Crippen molar-refractivity contribution in [2.45, 2.75) is 6.54 Å². The standard InChI is InChI=1S/C15H11Cl2N3/c16-11-5-6-12-14(7-11)19-9-20-15(12)18-8-10-3-1-2-4-13(10)17/h1-7,9H,8H2,(H,18,19,20). The summed E-state index contributed by atoms with van der Waals surface area (Å²) >= 11 is 12.1. The fraction of sp³-hybridized carbons (Fsp3) is 0.0667. The molecule has 0 radical (unpaired) electrons. The molecule has 3 aromatic rings. The Morgan fingerprint density at radius 3 is 2.70 bits per heavy atom. The van der Waals surface area contributed by atoms with Crippen LogP contribution >= 0.6 is 23.2 Å². The van der Waals surface area contributed by atoms with Gasteiger partial charge in [-0.1, -0.05) is 41.4 Å². The van der Waals surface area contributed by atoms with Crippen LogP contribution in [-0.4, -0.2) is 9.97 Å². The highest BCUT2D eigenvalue weighted by atomic mass is 35.5. The van der Waals surface area contributed by atoms with Gasteiger partial charge in [-0.2, -0.15) is 0 Å². The zero-order chi connectivity index (χ0) is 13.9. The summed E-state index contributed by atoms with van der Waals surface area (Å²) < 4.78 is 0. The Hall–Kier alpha value is -1.84. The lowest BCUT2D eigenvalue weighted by Crippen LogP contribution is -2.03. The third-order valence-corrected chi connectivity index (χ3v) is 3.61. The average Bonchev–Trinajstić information content (AvgIpc) is 2.46. The van der Waals surface area contributed by atoms with Crippen molar-refractivity contribution in [2.24, 2.45) is 0 Å². The second kappa shape index (κ2) is 5.65. The van der Waals surface area contributed by atoms with Crippen molar-refractivity contribution in [3.05, 3.63) is 64.4 Å². The molecule has 2 aromatic carbocycles. The Balaban J connectivity index is 1.90. The number of aromatic nitrogens is 2. The van der Waals surface area contributed by atoms with Crippen molar-refractivity contribution >= 4 is 39.9 Å². The summed E-state index contributed by atoms with van der Waals surface area (Å²) in [6.45, 7) is 0.606. The Bertz CT molecular complexity index is 759. The van der Waals surface area contributed by atoms with Gasteiger partial charge in [0.2, 0.25) is 0 Å². The van der Waals surface area contributed by atoms with Gasteiger partial charge in [-0.25, -0.2) is 9.97 Å². The number of nitrogens with zero attached hydrogens (tertiary/aromatic N) is 2. The molecule has 100 valence electrons. The van der Waals surface area contributed by atoms with E-state index in [-0.39, 0.29) is 0 Å². The van der Waals surface area contributed by atoms with Crippen molar-refractivity contribution in [3.8, 4) is 0 Å². The van der Waals surface area contributed by atoms with Gasteiger partial charge in [0.05, 0.1) is 5.52 Å². The average molecular weight is 304 g/mol. The predicted molar refractivity (Wildman–Crippen MR) is 83.3 cm³/mol. The van der Waals surface area contributed by atoms with Crippen molar-refractivity contribution in [3.63, 3.8) is 0 Å². The molecule has 0 fully saturated rings. The lowest BCUT2D eigenvalue weighted by molar-refractivity contribution is 1.10. The number of hydrogen-bond donors (Lipinski definition) is 1. The fourth-order valence-electron chi connectivity index (χ4n) is 1.99. The summed E-state index contributed by atoms with van der Waals surface area (Å²) in [4.78, 5) is 8.49. The highest BCUT2D eigenvalue weighted by molar-refractivity contribution is 6.31. The van der Waals surface area contributed by atoms with Gasteiger partial charge in [0.15, 0.2) is 0 Å². The molecule has 1 heterocycles. The van der Waals surface area contributed by atoms with E-state index >= 15 is 0 Å². The molecule has 3 rings (SSSR count). The Kier molecular flexibility index (Phi) is 3.72. The van der Waals surface area contributed by atoms with Crippen LogP contribution in [0.4, 0.5) is 5.82 Å². The number of nitrogens with one attached hydrogen (secondary N) is 1. The molecule has 0 aliphatic rings. The van der Waals surface area contributed by atoms with E-state index in [1.165, 1.54) is 6.33 Å². The van der Waals surface area contributed by atoms with Crippen LogP contribution in [0.3, 0.4) is 0 Å². The van der Waals surface area contributed by atoms with Gasteiger partial charge in [0, 0.05) is 22.0 Å². The van der Waals surface area contributed by atoms with E-state index in [1.54, 1.807) is 0 Å². The molecule has 0 aliphatic carbocycles. The molecule has 0 saturated carbocycles. The zero-order valence-corrected chi connectivity index (χ0v) is 12.0. The SMILES string of the molecule is Clc1ccc2c(NCc3ccccc3Cl)ncnc2c1. The maximum absolute atomic E-state index is 6.14. The lowest BCUT2D eigenvalue weighted by atomic mass is 10.2. The number of rotatable bonds is 3. The van der Waals surface area contributed by atoms with E-state index in [2.05, 4.69) is 15.3 Å². The first-order valence-electron chi connectivity index (χ1n) is 6.11. The summed E-state index contributed by atoms with van der Waals surface area (Å²) in [6.07, 6.45) is 1.52. The Morgan fingerprint density at radius 1 is 1.00 bits per heavy atom. The van der Waals surface area contributed by atoms with Crippen molar-refractivity contribution in [1.29, 1.82) is 0 Å². The summed E-state index contributed by atoms with van der Waals surface area (Å²) in [5.41, 5.74) is 1.84. The van der Waals surface area contributed by atoms with Crippen LogP contribution in [0.2, 0.25) is 10.0 Å². The van der Waals surface area contributed by atoms with E-state index in [1.807, 2.05) is 42.5 Å². The fourth-order valence-corrected chi connectivity index (χ4v) is 2.36. The van der Waals surface area contributed by atoms with Crippen LogP contribution in [0.1, 0.15) is 5.56 Å². The molecular weight excluding hydrogens is 293 g/mol. The summed E-state index contributed by atoms with van der Waals surface area (Å²) in [5, 5.41) is 5.62. The van der Waals surface area contributed by atoms with Crippen LogP contribution in [0.5, 0.6) is 0 Å². The molecule has 1 aromatic heterocycles. The van der Waals surface area contributed by atoms with Crippen LogP contribution in [-0.2, 0) is 6.54 Å². The second-order valence-electron chi connectivity index (χ2n) is 4.33. The van der Waals surface area contributed by atoms with Gasteiger partial charge >= 0.3 is 0 Å². The van der Waals surface area contributed by atoms with Crippen molar-refractivity contribution in [1.82, 2.24) is 9.97 Å². The molecule has 20 heavy (non-hydrogen) atoms. The third kappa shape index (κ3) is 2.69. The van der Waals surface area contributed by atoms with Crippen molar-refractivity contribution in [2.75, 3.05) is 5.32 Å². The molecular formula is C15H11Cl2N3. The number of hydrogen-bond acceptors (Lipinski definition) is 3. The van der Waals surface area contributed by atoms with Gasteiger partial charge in [0.1, 0.15) is 12.1 Å². The van der Waals surface area contributed by atoms with E-state index in [9.17, 15) is 0 Å². The summed E-state index contributed by atoms with van der Waals surface area (Å²) in [6, 6.07) is 13.3. The van der Waals surface area contributed by atoms with Crippen LogP contribution in [0, 0.1) is 0 Å². The molecule has 0 saturated heterocycles. The van der Waals surface area contributed by atoms with E-state index in [0.29, 0.717) is 11.6 Å². The number of fused-ring (bicyclic) bond motifs is 1. The monoisotopic (exact) mass is 303 g/mol. The molecule has 1 N–H and O–H groups in total. The minimum atomic E-state index is 0.606. The quantitative estimate of drug-likeness (QED) is 0.771. The van der Waals surface area contributed by atoms with Gasteiger partial charge in [-0.15, -0.1) is 0 Å². The van der Waals surface area contributed by atoms with Crippen LogP contribution < -0.4 is 5.32 Å². The molecule has 0 bridgehead atoms. The van der Waals surface area contributed by atoms with Crippen LogP contribution in [0.25, 0.3) is 10.9 Å². The molecule has 5 heteroatoms. The van der Waals surface area contributed by atoms with Gasteiger partial charge < -0.3 is 5.32 Å². The van der Waals surface area contributed by atoms with E-state index < -0.39 is 0 Å². The maximum Gasteiger partial charge on any atom is 0.137 e. The topological polar surface area (TPSA) is 37.8 Å². The molecule has 0 aliphatic heterocycles.